The highest BCUT2D eigenvalue weighted by Crippen LogP contribution is 2.28. The van der Waals surface area contributed by atoms with Crippen LogP contribution in [0.5, 0.6) is 0 Å². The fourth-order valence-electron chi connectivity index (χ4n) is 2.40. The van der Waals surface area contributed by atoms with Gasteiger partial charge in [-0.15, -0.1) is 0 Å². The highest BCUT2D eigenvalue weighted by atomic mass is 19.4. The lowest BCUT2D eigenvalue weighted by Crippen LogP contribution is -2.29. The minimum atomic E-state index is -4.92. The van der Waals surface area contributed by atoms with Crippen LogP contribution < -0.4 is 5.32 Å². The number of carbonyl (C=O) groups excluding carboxylic acids is 1. The summed E-state index contributed by atoms with van der Waals surface area (Å²) in [5, 5.41) is 1.79. The van der Waals surface area contributed by atoms with E-state index in [0.717, 1.165) is 16.6 Å². The van der Waals surface area contributed by atoms with E-state index >= 15 is 0 Å². The van der Waals surface area contributed by atoms with Crippen LogP contribution in [0.15, 0.2) is 40.8 Å². The van der Waals surface area contributed by atoms with Gasteiger partial charge in [0.15, 0.2) is 5.58 Å². The molecule has 0 aliphatic heterocycles. The number of carbonyl (C=O) groups is 1. The van der Waals surface area contributed by atoms with Gasteiger partial charge in [0.2, 0.25) is 5.89 Å². The van der Waals surface area contributed by atoms with Crippen molar-refractivity contribution < 1.29 is 22.4 Å². The molecule has 0 atom stereocenters. The molecule has 24 heavy (non-hydrogen) atoms. The highest BCUT2D eigenvalue weighted by molar-refractivity contribution is 5.95. The number of alkyl halides is 3. The van der Waals surface area contributed by atoms with E-state index in [1.165, 1.54) is 12.1 Å². The Kier molecular flexibility index (Phi) is 3.79. The molecular formula is C17H13F3N2O2. The van der Waals surface area contributed by atoms with Crippen molar-refractivity contribution in [3.8, 4) is 11.5 Å². The summed E-state index contributed by atoms with van der Waals surface area (Å²) >= 11 is 0. The first kappa shape index (κ1) is 16.0. The standard InChI is InChI=1S/C17H13F3N2O2/c1-9-7-10(2)14-13(8-9)22-15(24-14)11-3-5-12(6-4-11)21-16(23)17(18,19)20/h3-8H,1-2H3,(H,21,23). The predicted octanol–water partition coefficient (Wildman–Crippen LogP) is 4.61. The van der Waals surface area contributed by atoms with Gasteiger partial charge in [-0.25, -0.2) is 4.98 Å². The molecule has 1 aromatic heterocycles. The number of nitrogens with zero attached hydrogens (tertiary/aromatic N) is 1. The Balaban J connectivity index is 1.88. The molecule has 3 rings (SSSR count). The molecule has 0 spiro atoms. The minimum Gasteiger partial charge on any atom is -0.436 e. The first-order chi connectivity index (χ1) is 11.2. The van der Waals surface area contributed by atoms with Gasteiger partial charge in [-0.3, -0.25) is 4.79 Å². The van der Waals surface area contributed by atoms with E-state index in [-0.39, 0.29) is 5.69 Å². The molecular weight excluding hydrogens is 321 g/mol. The number of amides is 1. The summed E-state index contributed by atoms with van der Waals surface area (Å²) < 4.78 is 42.4. The normalized spacial score (nSPS) is 11.7. The molecule has 0 aliphatic rings. The smallest absolute Gasteiger partial charge is 0.436 e. The summed E-state index contributed by atoms with van der Waals surface area (Å²) in [6.07, 6.45) is -4.92. The number of fused-ring (bicyclic) bond motifs is 1. The van der Waals surface area contributed by atoms with Gasteiger partial charge >= 0.3 is 12.1 Å². The van der Waals surface area contributed by atoms with Gasteiger partial charge in [0.05, 0.1) is 0 Å². The Hall–Kier alpha value is -2.83. The quantitative estimate of drug-likeness (QED) is 0.744. The van der Waals surface area contributed by atoms with Gasteiger partial charge in [0.1, 0.15) is 5.52 Å². The average Bonchev–Trinajstić information content (AvgIpc) is 2.91. The van der Waals surface area contributed by atoms with Gasteiger partial charge in [0, 0.05) is 11.3 Å². The molecule has 1 N–H and O–H groups in total. The second-order valence-electron chi connectivity index (χ2n) is 5.48. The van der Waals surface area contributed by atoms with Crippen LogP contribution >= 0.6 is 0 Å². The number of anilines is 1. The van der Waals surface area contributed by atoms with Crippen LogP contribution in [0.1, 0.15) is 11.1 Å². The number of nitrogens with one attached hydrogen (secondary N) is 1. The summed E-state index contributed by atoms with van der Waals surface area (Å²) in [7, 11) is 0. The molecule has 3 aromatic rings. The van der Waals surface area contributed by atoms with Crippen molar-refractivity contribution in [1.29, 1.82) is 0 Å². The summed E-state index contributed by atoms with van der Waals surface area (Å²) in [6.45, 7) is 3.87. The summed E-state index contributed by atoms with van der Waals surface area (Å²) in [4.78, 5) is 15.3. The molecule has 0 unspecified atom stereocenters. The average molecular weight is 334 g/mol. The molecule has 2 aromatic carbocycles. The number of hydrogen-bond donors (Lipinski definition) is 1. The van der Waals surface area contributed by atoms with E-state index in [4.69, 9.17) is 4.42 Å². The van der Waals surface area contributed by atoms with Crippen LogP contribution in [-0.4, -0.2) is 17.1 Å². The minimum absolute atomic E-state index is 0.0456. The molecule has 0 fully saturated rings. The fourth-order valence-corrected chi connectivity index (χ4v) is 2.40. The Morgan fingerprint density at radius 3 is 2.42 bits per heavy atom. The molecule has 1 amide bonds. The lowest BCUT2D eigenvalue weighted by Gasteiger charge is -2.07. The van der Waals surface area contributed by atoms with E-state index in [9.17, 15) is 18.0 Å². The van der Waals surface area contributed by atoms with Crippen molar-refractivity contribution in [3.63, 3.8) is 0 Å². The van der Waals surface area contributed by atoms with Crippen molar-refractivity contribution in [2.45, 2.75) is 20.0 Å². The van der Waals surface area contributed by atoms with Crippen LogP contribution in [0.25, 0.3) is 22.6 Å². The number of benzene rings is 2. The zero-order valence-corrected chi connectivity index (χ0v) is 12.9. The molecule has 124 valence electrons. The van der Waals surface area contributed by atoms with Crippen LogP contribution in [0.4, 0.5) is 18.9 Å². The van der Waals surface area contributed by atoms with Crippen LogP contribution in [0, 0.1) is 13.8 Å². The first-order valence-corrected chi connectivity index (χ1v) is 7.10. The lowest BCUT2D eigenvalue weighted by molar-refractivity contribution is -0.167. The molecule has 0 bridgehead atoms. The highest BCUT2D eigenvalue weighted by Gasteiger charge is 2.38. The monoisotopic (exact) mass is 334 g/mol. The maximum absolute atomic E-state index is 12.2. The van der Waals surface area contributed by atoms with Gasteiger partial charge in [-0.1, -0.05) is 6.07 Å². The van der Waals surface area contributed by atoms with Crippen molar-refractivity contribution in [3.05, 3.63) is 47.5 Å². The maximum atomic E-state index is 12.2. The predicted molar refractivity (Wildman–Crippen MR) is 83.6 cm³/mol. The van der Waals surface area contributed by atoms with Crippen molar-refractivity contribution in [2.75, 3.05) is 5.32 Å². The SMILES string of the molecule is Cc1cc(C)c2oc(-c3ccc(NC(=O)C(F)(F)F)cc3)nc2c1. The van der Waals surface area contributed by atoms with E-state index < -0.39 is 12.1 Å². The van der Waals surface area contributed by atoms with Crippen LogP contribution in [-0.2, 0) is 4.79 Å². The number of rotatable bonds is 2. The Morgan fingerprint density at radius 2 is 1.79 bits per heavy atom. The zero-order valence-electron chi connectivity index (χ0n) is 12.9. The van der Waals surface area contributed by atoms with Crippen molar-refractivity contribution in [1.82, 2.24) is 4.98 Å². The van der Waals surface area contributed by atoms with E-state index in [1.807, 2.05) is 26.0 Å². The van der Waals surface area contributed by atoms with Crippen LogP contribution in [0.3, 0.4) is 0 Å². The number of halogens is 3. The molecule has 0 aliphatic carbocycles. The second kappa shape index (κ2) is 5.67. The Bertz CT molecular complexity index is 912. The zero-order chi connectivity index (χ0) is 17.5. The number of aryl methyl sites for hydroxylation is 2. The summed E-state index contributed by atoms with van der Waals surface area (Å²) in [5.41, 5.74) is 4.06. The van der Waals surface area contributed by atoms with E-state index in [2.05, 4.69) is 4.98 Å². The molecule has 0 saturated carbocycles. The molecule has 0 radical (unpaired) electrons. The summed E-state index contributed by atoms with van der Waals surface area (Å²) in [5.74, 6) is -1.64. The third-order valence-corrected chi connectivity index (χ3v) is 3.47. The molecule has 1 heterocycles. The van der Waals surface area contributed by atoms with Crippen molar-refractivity contribution in [2.24, 2.45) is 0 Å². The fraction of sp³-hybridized carbons (Fsp3) is 0.176. The second-order valence-corrected chi connectivity index (χ2v) is 5.48. The van der Waals surface area contributed by atoms with Gasteiger partial charge in [0.25, 0.3) is 0 Å². The molecule has 4 nitrogen and oxygen atoms in total. The summed E-state index contributed by atoms with van der Waals surface area (Å²) in [6, 6.07) is 9.69. The molecule has 0 saturated heterocycles. The van der Waals surface area contributed by atoms with Gasteiger partial charge in [-0.2, -0.15) is 13.2 Å². The Morgan fingerprint density at radius 1 is 1.12 bits per heavy atom. The van der Waals surface area contributed by atoms with E-state index in [0.29, 0.717) is 17.0 Å². The topological polar surface area (TPSA) is 55.1 Å². The van der Waals surface area contributed by atoms with Crippen LogP contribution in [0.2, 0.25) is 0 Å². The third kappa shape index (κ3) is 3.10. The molecule has 7 heteroatoms. The largest absolute Gasteiger partial charge is 0.471 e. The third-order valence-electron chi connectivity index (χ3n) is 3.47. The maximum Gasteiger partial charge on any atom is 0.471 e. The van der Waals surface area contributed by atoms with E-state index in [1.54, 1.807) is 17.4 Å². The Labute approximate surface area is 135 Å². The number of hydrogen-bond acceptors (Lipinski definition) is 3. The number of oxazole rings is 1. The number of aromatic nitrogens is 1. The first-order valence-electron chi connectivity index (χ1n) is 7.10. The lowest BCUT2D eigenvalue weighted by atomic mass is 10.1. The van der Waals surface area contributed by atoms with Gasteiger partial charge < -0.3 is 9.73 Å². The van der Waals surface area contributed by atoms with Gasteiger partial charge in [-0.05, 0) is 55.3 Å². The van der Waals surface area contributed by atoms with Crippen molar-refractivity contribution >= 4 is 22.7 Å².